The van der Waals surface area contributed by atoms with Gasteiger partial charge in [0.15, 0.2) is 0 Å². The van der Waals surface area contributed by atoms with Crippen LogP contribution in [0, 0.1) is 13.8 Å². The fourth-order valence-electron chi connectivity index (χ4n) is 14.4. The maximum absolute atomic E-state index is 2.44. The van der Waals surface area contributed by atoms with Crippen LogP contribution in [0.15, 0.2) is 243 Å². The molecule has 2 heteroatoms. The molecule has 0 N–H and O–H groups in total. The van der Waals surface area contributed by atoms with Crippen molar-refractivity contribution in [1.82, 2.24) is 0 Å². The van der Waals surface area contributed by atoms with Crippen LogP contribution in [0.3, 0.4) is 0 Å². The highest BCUT2D eigenvalue weighted by molar-refractivity contribution is 6.01. The lowest BCUT2D eigenvalue weighted by Crippen LogP contribution is -2.17. The molecule has 15 rings (SSSR count). The second kappa shape index (κ2) is 19.7. The molecule has 2 nitrogen and oxygen atoms in total. The first-order chi connectivity index (χ1) is 41.2. The number of benzene rings is 12. The summed E-state index contributed by atoms with van der Waals surface area (Å²) in [6.07, 6.45) is 9.20. The lowest BCUT2D eigenvalue weighted by molar-refractivity contribution is 0.660. The van der Waals surface area contributed by atoms with Crippen LogP contribution in [0.2, 0.25) is 0 Å². The first kappa shape index (κ1) is 52.1. The van der Waals surface area contributed by atoms with Gasteiger partial charge in [0, 0.05) is 49.8 Å². The average molecular weight is 1090 g/mol. The van der Waals surface area contributed by atoms with Crippen LogP contribution in [0.1, 0.15) is 108 Å². The highest BCUT2D eigenvalue weighted by Gasteiger charge is 2.39. The first-order valence-electron chi connectivity index (χ1n) is 30.1. The van der Waals surface area contributed by atoms with Gasteiger partial charge in [-0.3, -0.25) is 0 Å². The Morgan fingerprint density at radius 3 is 0.859 bits per heavy atom. The minimum absolute atomic E-state index is 0.159. The Labute approximate surface area is 501 Å². The van der Waals surface area contributed by atoms with Crippen LogP contribution in [-0.4, -0.2) is 0 Å². The zero-order valence-electron chi connectivity index (χ0n) is 49.8. The van der Waals surface area contributed by atoms with Gasteiger partial charge in [0.05, 0.1) is 11.4 Å². The van der Waals surface area contributed by atoms with Gasteiger partial charge in [0.1, 0.15) is 0 Å². The Kier molecular flexibility index (Phi) is 12.1. The summed E-state index contributed by atoms with van der Waals surface area (Å²) in [5, 5.41) is 4.93. The average Bonchev–Trinajstić information content (AvgIpc) is 2.65. The van der Waals surface area contributed by atoms with Crippen molar-refractivity contribution in [2.75, 3.05) is 9.80 Å². The van der Waals surface area contributed by atoms with Crippen molar-refractivity contribution < 1.29 is 0 Å². The fraction of sp³-hybridized carbons (Fsp3) is 0.133. The third-order valence-electron chi connectivity index (χ3n) is 19.1. The predicted octanol–water partition coefficient (Wildman–Crippen LogP) is 22.8. The van der Waals surface area contributed by atoms with E-state index in [1.165, 1.54) is 133 Å². The Morgan fingerprint density at radius 2 is 0.529 bits per heavy atom. The van der Waals surface area contributed by atoms with Crippen LogP contribution < -0.4 is 9.80 Å². The molecule has 0 radical (unpaired) electrons. The van der Waals surface area contributed by atoms with Crippen molar-refractivity contribution in [1.29, 1.82) is 0 Å². The number of aryl methyl sites for hydroxylation is 2. The van der Waals surface area contributed by atoms with E-state index in [0.29, 0.717) is 0 Å². The number of hydrogen-bond acceptors (Lipinski definition) is 2. The smallest absolute Gasteiger partial charge is 0.0540 e. The maximum Gasteiger partial charge on any atom is 0.0540 e. The number of anilines is 6. The monoisotopic (exact) mass is 1090 g/mol. The molecule has 0 fully saturated rings. The normalized spacial score (nSPS) is 14.5. The zero-order chi connectivity index (χ0) is 57.9. The summed E-state index contributed by atoms with van der Waals surface area (Å²) in [5.74, 6) is 0. The SMILES string of the molecule is Cc1ccc(N(c2ccc3c(c2)C(C)(C)c2cc(/C=C/c4ccc5c(c4)C(C)(C)c4cc(/C=C/c6ccc7c(c6)C(C)(C)c6cc(N(c8ccc(C)cc8)c8cccc9ccccc89)ccc6-7)ccc4-5)ccc2-3)c2cccc3ccccc23)cc1. The van der Waals surface area contributed by atoms with Crippen LogP contribution in [0.25, 0.3) is 79.2 Å². The Balaban J connectivity index is 0.672. The van der Waals surface area contributed by atoms with E-state index in [9.17, 15) is 0 Å². The molecule has 3 aliphatic rings. The molecule has 0 unspecified atom stereocenters. The van der Waals surface area contributed by atoms with Gasteiger partial charge in [-0.25, -0.2) is 0 Å². The van der Waals surface area contributed by atoms with Gasteiger partial charge in [-0.05, 0) is 174 Å². The molecule has 3 aliphatic carbocycles. The zero-order valence-corrected chi connectivity index (χ0v) is 49.8. The van der Waals surface area contributed by atoms with E-state index in [1.807, 2.05) is 0 Å². The number of nitrogens with zero attached hydrogens (tertiary/aromatic N) is 2. The summed E-state index contributed by atoms with van der Waals surface area (Å²) in [6, 6.07) is 90.9. The van der Waals surface area contributed by atoms with Crippen LogP contribution >= 0.6 is 0 Å². The van der Waals surface area contributed by atoms with E-state index in [4.69, 9.17) is 0 Å². The van der Waals surface area contributed by atoms with Gasteiger partial charge in [-0.15, -0.1) is 0 Å². The molecule has 12 aromatic carbocycles. The molecule has 12 aromatic rings. The van der Waals surface area contributed by atoms with Gasteiger partial charge in [-0.2, -0.15) is 0 Å². The van der Waals surface area contributed by atoms with E-state index in [-0.39, 0.29) is 16.2 Å². The van der Waals surface area contributed by atoms with Crippen LogP contribution in [0.4, 0.5) is 34.1 Å². The molecule has 0 aliphatic heterocycles. The van der Waals surface area contributed by atoms with Crippen molar-refractivity contribution in [3.8, 4) is 33.4 Å². The van der Waals surface area contributed by atoms with Crippen LogP contribution in [0.5, 0.6) is 0 Å². The molecule has 0 atom stereocenters. The second-order valence-corrected chi connectivity index (χ2v) is 25.6. The van der Waals surface area contributed by atoms with E-state index >= 15 is 0 Å². The van der Waals surface area contributed by atoms with Crippen molar-refractivity contribution in [3.63, 3.8) is 0 Å². The molecular formula is C83H68N2. The topological polar surface area (TPSA) is 6.48 Å². The molecule has 0 spiro atoms. The fourth-order valence-corrected chi connectivity index (χ4v) is 14.4. The highest BCUT2D eigenvalue weighted by Crippen LogP contribution is 2.54. The van der Waals surface area contributed by atoms with Crippen molar-refractivity contribution >= 4 is 80.0 Å². The van der Waals surface area contributed by atoms with Gasteiger partial charge in [0.25, 0.3) is 0 Å². The number of hydrogen-bond donors (Lipinski definition) is 0. The second-order valence-electron chi connectivity index (χ2n) is 25.6. The quantitative estimate of drug-likeness (QED) is 0.126. The van der Waals surface area contributed by atoms with Crippen molar-refractivity contribution in [3.05, 3.63) is 309 Å². The molecule has 0 bridgehead atoms. The lowest BCUT2D eigenvalue weighted by atomic mass is 9.81. The molecule has 410 valence electrons. The standard InChI is InChI=1S/C83H68N2/c1-53-23-35-61(36-24-53)84(79-21-13-17-59-15-9-11-19-65(59)79)63-39-45-71-69-43-33-57(49-75(69)82(5,6)77(71)51-63)29-27-55-31-41-67-68-42-32-56(48-74(68)81(3,4)73(67)47-55)28-30-58-34-44-70-72-46-40-64(52-78(72)83(7,8)76(70)50-58)85(62-37-25-54(2)26-38-62)80-22-14-18-60-16-10-12-20-66(60)80/h9-52H,1-8H3/b29-27+,30-28+. The summed E-state index contributed by atoms with van der Waals surface area (Å²) in [7, 11) is 0. The minimum atomic E-state index is -0.193. The Hall–Kier alpha value is -9.76. The lowest BCUT2D eigenvalue weighted by Gasteiger charge is -2.29. The predicted molar refractivity (Wildman–Crippen MR) is 364 cm³/mol. The number of fused-ring (bicyclic) bond motifs is 11. The molecule has 0 aromatic heterocycles. The molecular weight excluding hydrogens is 1020 g/mol. The Morgan fingerprint density at radius 1 is 0.259 bits per heavy atom. The Bertz CT molecular complexity index is 4440. The van der Waals surface area contributed by atoms with E-state index in [2.05, 4.69) is 332 Å². The summed E-state index contributed by atoms with van der Waals surface area (Å²) < 4.78 is 0. The van der Waals surface area contributed by atoms with E-state index < -0.39 is 0 Å². The van der Waals surface area contributed by atoms with Crippen molar-refractivity contribution in [2.45, 2.75) is 71.6 Å². The molecule has 0 saturated carbocycles. The minimum Gasteiger partial charge on any atom is -0.310 e. The summed E-state index contributed by atoms with van der Waals surface area (Å²) in [6.45, 7) is 18.6. The van der Waals surface area contributed by atoms with Gasteiger partial charge >= 0.3 is 0 Å². The third-order valence-corrected chi connectivity index (χ3v) is 19.1. The molecule has 85 heavy (non-hydrogen) atoms. The summed E-state index contributed by atoms with van der Waals surface area (Å²) in [4.78, 5) is 4.86. The van der Waals surface area contributed by atoms with Gasteiger partial charge < -0.3 is 9.80 Å². The first-order valence-corrected chi connectivity index (χ1v) is 30.1. The molecule has 0 saturated heterocycles. The van der Waals surface area contributed by atoms with Gasteiger partial charge in [-0.1, -0.05) is 259 Å². The summed E-state index contributed by atoms with van der Waals surface area (Å²) >= 11 is 0. The van der Waals surface area contributed by atoms with E-state index in [0.717, 1.165) is 22.7 Å². The van der Waals surface area contributed by atoms with E-state index in [1.54, 1.807) is 0 Å². The van der Waals surface area contributed by atoms with Crippen LogP contribution in [-0.2, 0) is 16.2 Å². The van der Waals surface area contributed by atoms with Crippen molar-refractivity contribution in [2.24, 2.45) is 0 Å². The maximum atomic E-state index is 2.44. The largest absolute Gasteiger partial charge is 0.310 e. The highest BCUT2D eigenvalue weighted by atomic mass is 15.1. The molecule has 0 heterocycles. The number of rotatable bonds is 10. The third kappa shape index (κ3) is 8.60. The molecule has 0 amide bonds. The van der Waals surface area contributed by atoms with Gasteiger partial charge in [0.2, 0.25) is 0 Å². The summed E-state index contributed by atoms with van der Waals surface area (Å²) in [5.41, 5.74) is 29.9.